The highest BCUT2D eigenvalue weighted by molar-refractivity contribution is 6.24. The number of carbonyl (C=O) groups excluding carboxylic acids is 3. The second-order valence-electron chi connectivity index (χ2n) is 10.6. The number of H-pyrrole nitrogens is 1. The molecule has 1 amide bonds. The Balaban J connectivity index is 1.60. The highest BCUT2D eigenvalue weighted by atomic mass is 16.3. The van der Waals surface area contributed by atoms with Gasteiger partial charge in [-0.3, -0.25) is 19.3 Å². The number of primary amides is 1. The number of aromatic amines is 1. The highest BCUT2D eigenvalue weighted by Crippen LogP contribution is 2.53. The zero-order valence-corrected chi connectivity index (χ0v) is 21.2. The van der Waals surface area contributed by atoms with Crippen LogP contribution in [0.15, 0.2) is 47.4 Å². The smallest absolute Gasteiger partial charge is 0.255 e. The molecule has 1 aromatic heterocycles. The molecule has 0 radical (unpaired) electrons. The summed E-state index contributed by atoms with van der Waals surface area (Å²) in [6.45, 7) is 0. The van der Waals surface area contributed by atoms with E-state index in [-0.39, 0.29) is 23.3 Å². The van der Waals surface area contributed by atoms with Crippen molar-refractivity contribution in [1.82, 2.24) is 9.88 Å². The average molecular weight is 522 g/mol. The minimum absolute atomic E-state index is 0.0728. The number of nitrogens with two attached hydrogens (primary N) is 1. The molecule has 0 unspecified atom stereocenters. The van der Waals surface area contributed by atoms with E-state index in [4.69, 9.17) is 5.73 Å². The number of aryl methyl sites for hydroxylation is 2. The van der Waals surface area contributed by atoms with Gasteiger partial charge in [0.25, 0.3) is 5.91 Å². The van der Waals surface area contributed by atoms with Gasteiger partial charge in [0.15, 0.2) is 11.4 Å². The topological polar surface area (TPSA) is 177 Å². The van der Waals surface area contributed by atoms with Gasteiger partial charge in [0.1, 0.15) is 22.8 Å². The second-order valence-corrected chi connectivity index (χ2v) is 10.6. The van der Waals surface area contributed by atoms with Crippen molar-refractivity contribution >= 4 is 23.2 Å². The lowest BCUT2D eigenvalue weighted by Crippen LogP contribution is -2.65. The minimum Gasteiger partial charge on any atom is -0.508 e. The summed E-state index contributed by atoms with van der Waals surface area (Å²) >= 11 is 0. The molecule has 0 spiro atoms. The van der Waals surface area contributed by atoms with Crippen molar-refractivity contribution < 1.29 is 34.8 Å². The summed E-state index contributed by atoms with van der Waals surface area (Å²) < 4.78 is 0. The van der Waals surface area contributed by atoms with Gasteiger partial charge in [-0.25, -0.2) is 0 Å². The monoisotopic (exact) mass is 521 g/mol. The Hall–Kier alpha value is -3.89. The summed E-state index contributed by atoms with van der Waals surface area (Å²) in [5, 5.41) is 44.5. The summed E-state index contributed by atoms with van der Waals surface area (Å²) in [6.07, 6.45) is 4.52. The van der Waals surface area contributed by atoms with E-state index in [9.17, 15) is 34.8 Å². The van der Waals surface area contributed by atoms with Gasteiger partial charge in [0.05, 0.1) is 11.6 Å². The van der Waals surface area contributed by atoms with Crippen molar-refractivity contribution in [1.29, 1.82) is 0 Å². The van der Waals surface area contributed by atoms with E-state index >= 15 is 0 Å². The van der Waals surface area contributed by atoms with Gasteiger partial charge < -0.3 is 31.1 Å². The van der Waals surface area contributed by atoms with Crippen LogP contribution in [-0.2, 0) is 33.6 Å². The van der Waals surface area contributed by atoms with Gasteiger partial charge in [-0.2, -0.15) is 0 Å². The van der Waals surface area contributed by atoms with E-state index in [0.717, 1.165) is 24.1 Å². The number of benzene rings is 1. The zero-order valence-electron chi connectivity index (χ0n) is 21.2. The van der Waals surface area contributed by atoms with Crippen LogP contribution in [0.25, 0.3) is 5.76 Å². The van der Waals surface area contributed by atoms with E-state index in [1.165, 1.54) is 11.0 Å². The molecule has 0 saturated heterocycles. The number of aliphatic hydroxyl groups excluding tert-OH is 2. The van der Waals surface area contributed by atoms with Crippen molar-refractivity contribution in [2.24, 2.45) is 17.6 Å². The van der Waals surface area contributed by atoms with Crippen LogP contribution in [0.4, 0.5) is 0 Å². The number of hydrogen-bond donors (Lipinski definition) is 6. The number of Topliss-reactive ketones (excluding diaryl/α,β-unsaturated/α-hetero) is 2. The summed E-state index contributed by atoms with van der Waals surface area (Å²) in [5.41, 5.74) is 4.61. The van der Waals surface area contributed by atoms with E-state index < -0.39 is 58.0 Å². The van der Waals surface area contributed by atoms with Crippen LogP contribution < -0.4 is 5.73 Å². The van der Waals surface area contributed by atoms with E-state index in [2.05, 4.69) is 4.98 Å². The number of aliphatic hydroxyl groups is 3. The fourth-order valence-electron chi connectivity index (χ4n) is 6.53. The van der Waals surface area contributed by atoms with E-state index in [1.54, 1.807) is 14.1 Å². The van der Waals surface area contributed by atoms with Crippen LogP contribution in [0.1, 0.15) is 35.2 Å². The van der Waals surface area contributed by atoms with E-state index in [1.807, 2.05) is 24.4 Å². The molecule has 1 heterocycles. The Morgan fingerprint density at radius 1 is 1.16 bits per heavy atom. The van der Waals surface area contributed by atoms with Crippen molar-refractivity contribution in [2.45, 2.75) is 43.7 Å². The molecular formula is C28H31N3O7. The molecule has 5 rings (SSSR count). The van der Waals surface area contributed by atoms with Crippen molar-refractivity contribution in [2.75, 3.05) is 14.1 Å². The van der Waals surface area contributed by atoms with Crippen molar-refractivity contribution in [3.05, 3.63) is 69.8 Å². The Bertz CT molecular complexity index is 1410. The molecule has 3 aliphatic carbocycles. The van der Waals surface area contributed by atoms with Crippen LogP contribution in [0, 0.1) is 11.8 Å². The number of fused-ring (bicyclic) bond motifs is 3. The number of likely N-dealkylation sites (N-methyl/N-ethyl adjacent to an activating group) is 1. The number of nitrogens with one attached hydrogen (secondary N) is 1. The molecule has 2 aromatic rings. The number of nitrogens with zero attached hydrogens (tertiary/aromatic N) is 1. The van der Waals surface area contributed by atoms with Crippen LogP contribution in [0.5, 0.6) is 5.75 Å². The first kappa shape index (κ1) is 25.7. The average Bonchev–Trinajstić information content (AvgIpc) is 3.36. The third-order valence-corrected chi connectivity index (χ3v) is 8.26. The first-order chi connectivity index (χ1) is 18.0. The Kier molecular flexibility index (Phi) is 6.19. The Labute approximate surface area is 219 Å². The number of hydrogen-bond acceptors (Lipinski definition) is 8. The van der Waals surface area contributed by atoms with Gasteiger partial charge in [0, 0.05) is 23.4 Å². The van der Waals surface area contributed by atoms with Crippen LogP contribution in [-0.4, -0.2) is 73.5 Å². The highest BCUT2D eigenvalue weighted by Gasteiger charge is 2.64. The molecule has 7 N–H and O–H groups in total. The lowest BCUT2D eigenvalue weighted by molar-refractivity contribution is -0.153. The minimum atomic E-state index is -2.63. The lowest BCUT2D eigenvalue weighted by atomic mass is 9.57. The number of ketones is 2. The summed E-state index contributed by atoms with van der Waals surface area (Å²) in [4.78, 5) is 43.8. The lowest BCUT2D eigenvalue weighted by Gasteiger charge is -2.50. The van der Waals surface area contributed by atoms with Crippen LogP contribution in [0.2, 0.25) is 0 Å². The number of aromatic hydroxyl groups is 1. The maximum Gasteiger partial charge on any atom is 0.255 e. The number of rotatable bonds is 6. The van der Waals surface area contributed by atoms with Gasteiger partial charge in [-0.1, -0.05) is 6.07 Å². The van der Waals surface area contributed by atoms with Gasteiger partial charge >= 0.3 is 0 Å². The number of carbonyl (C=O) groups is 3. The first-order valence-electron chi connectivity index (χ1n) is 12.6. The fourth-order valence-corrected chi connectivity index (χ4v) is 6.53. The Morgan fingerprint density at radius 3 is 2.53 bits per heavy atom. The van der Waals surface area contributed by atoms with Gasteiger partial charge in [-0.05, 0) is 81.4 Å². The molecule has 1 saturated carbocycles. The number of amides is 1. The molecule has 0 aliphatic heterocycles. The molecule has 3 aliphatic rings. The molecule has 0 bridgehead atoms. The van der Waals surface area contributed by atoms with Gasteiger partial charge in [-0.15, -0.1) is 0 Å². The third kappa shape index (κ3) is 3.66. The molecule has 4 atom stereocenters. The first-order valence-corrected chi connectivity index (χ1v) is 12.6. The summed E-state index contributed by atoms with van der Waals surface area (Å²) in [6, 6.07) is 6.11. The van der Waals surface area contributed by atoms with Crippen LogP contribution >= 0.6 is 0 Å². The second kappa shape index (κ2) is 9.14. The normalized spacial score (nSPS) is 26.9. The molecule has 200 valence electrons. The molecule has 10 heteroatoms. The third-order valence-electron chi connectivity index (χ3n) is 8.26. The predicted molar refractivity (Wildman–Crippen MR) is 137 cm³/mol. The number of phenols is 1. The molecule has 1 fully saturated rings. The maximum absolute atomic E-state index is 13.9. The van der Waals surface area contributed by atoms with Crippen molar-refractivity contribution in [3.63, 3.8) is 0 Å². The van der Waals surface area contributed by atoms with Gasteiger partial charge in [0.2, 0.25) is 5.78 Å². The summed E-state index contributed by atoms with van der Waals surface area (Å²) in [7, 11) is 3.15. The maximum atomic E-state index is 13.9. The summed E-state index contributed by atoms with van der Waals surface area (Å²) in [5.74, 6) is -6.46. The predicted octanol–water partition coefficient (Wildman–Crippen LogP) is 1.47. The Morgan fingerprint density at radius 2 is 1.89 bits per heavy atom. The molecule has 1 aromatic carbocycles. The number of phenolic OH excluding ortho intramolecular Hbond substituents is 1. The fraction of sp³-hybridized carbons (Fsp3) is 0.393. The van der Waals surface area contributed by atoms with Crippen molar-refractivity contribution in [3.8, 4) is 5.75 Å². The zero-order chi connectivity index (χ0) is 27.5. The van der Waals surface area contributed by atoms with E-state index in [0.29, 0.717) is 18.4 Å². The molecule has 10 nitrogen and oxygen atoms in total. The molecule has 38 heavy (non-hydrogen) atoms. The largest absolute Gasteiger partial charge is 0.508 e. The quantitative estimate of drug-likeness (QED) is 0.310. The molecular weight excluding hydrogens is 490 g/mol. The van der Waals surface area contributed by atoms with Crippen LogP contribution in [0.3, 0.4) is 0 Å². The SMILES string of the molecule is CN(C)[C@H]1C(=O)C(C(N)=O)=C(O)[C@]2(O)C(=O)C3=C(O)c4c(O)ccc(CCCc5ccc[nH]5)c4C[C@@H]3C[C@H]12. The standard InChI is InChI=1S/C28H31N3O7/c1-31(2)22-17-12-14-11-16-13(5-3-6-15-7-4-10-30-15)8-9-18(32)20(16)23(33)19(14)25(35)28(17,38)26(36)21(24(22)34)27(29)37/h4,7-10,14,17,22,30,32-33,36,38H,3,5-6,11-12H2,1-2H3,(H2,29,37)/t14-,17-,22-,28-/m1/s1. The number of aromatic nitrogens is 1.